The normalized spacial score (nSPS) is 21.3. The third kappa shape index (κ3) is 1.24. The fraction of sp³-hybridized carbons (Fsp3) is 0.333. The molecular weight excluding hydrogens is 114 g/mol. The van der Waals surface area contributed by atoms with Crippen LogP contribution in [0.3, 0.4) is 0 Å². The molecule has 1 N–H and O–H groups in total. The van der Waals surface area contributed by atoms with Crippen LogP contribution < -0.4 is 4.72 Å². The van der Waals surface area contributed by atoms with Crippen LogP contribution in [-0.4, -0.2) is 6.54 Å². The largest absolute Gasteiger partial charge is 0.251 e. The van der Waals surface area contributed by atoms with Gasteiger partial charge in [0.25, 0.3) is 0 Å². The van der Waals surface area contributed by atoms with Crippen LogP contribution in [0.15, 0.2) is 11.5 Å². The third-order valence-electron chi connectivity index (χ3n) is 0.460. The fourth-order valence-electron chi connectivity index (χ4n) is 0.231. The highest BCUT2D eigenvalue weighted by Crippen LogP contribution is 2.20. The molecule has 0 fully saturated rings. The van der Waals surface area contributed by atoms with Gasteiger partial charge in [-0.05, 0) is 27.2 Å². The Kier molecular flexibility index (Phi) is 1.94. The summed E-state index contributed by atoms with van der Waals surface area (Å²) >= 11 is 0. The molecule has 0 radical (unpaired) electrons. The van der Waals surface area contributed by atoms with Crippen molar-refractivity contribution in [1.82, 2.24) is 4.72 Å². The predicted molar refractivity (Wildman–Crippen MR) is 32.3 cm³/mol. The maximum Gasteiger partial charge on any atom is 0.0255 e. The van der Waals surface area contributed by atoms with E-state index in [1.165, 1.54) is 0 Å². The minimum Gasteiger partial charge on any atom is -0.251 e. The molecule has 1 aliphatic heterocycles. The summed E-state index contributed by atoms with van der Waals surface area (Å²) in [6.45, 7) is 1.01. The van der Waals surface area contributed by atoms with Crippen molar-refractivity contribution < 1.29 is 0 Å². The van der Waals surface area contributed by atoms with Gasteiger partial charge in [0, 0.05) is 6.54 Å². The molecule has 34 valence electrons. The van der Waals surface area contributed by atoms with E-state index in [4.69, 9.17) is 0 Å². The van der Waals surface area contributed by atoms with E-state index in [9.17, 15) is 0 Å². The molecule has 0 aromatic carbocycles. The molecule has 1 rings (SSSR count). The number of rotatable bonds is 0. The Balaban J connectivity index is 2.26. The Morgan fingerprint density at radius 1 is 1.67 bits per heavy atom. The molecule has 0 unspecified atom stereocenters. The van der Waals surface area contributed by atoms with E-state index >= 15 is 0 Å². The molecule has 0 amide bonds. The van der Waals surface area contributed by atoms with Crippen LogP contribution in [0.4, 0.5) is 0 Å². The standard InChI is InChI=1S/C3H5NS2/c1-2-4-6-5-3-1/h1,3-4H,2H2. The van der Waals surface area contributed by atoms with Gasteiger partial charge in [-0.3, -0.25) is 4.72 Å². The van der Waals surface area contributed by atoms with Gasteiger partial charge < -0.3 is 0 Å². The summed E-state index contributed by atoms with van der Waals surface area (Å²) in [6, 6.07) is 0. The van der Waals surface area contributed by atoms with E-state index in [1.54, 1.807) is 21.8 Å². The lowest BCUT2D eigenvalue weighted by Crippen LogP contribution is -2.01. The fourth-order valence-corrected chi connectivity index (χ4v) is 1.50. The Morgan fingerprint density at radius 2 is 2.67 bits per heavy atom. The predicted octanol–water partition coefficient (Wildman–Crippen LogP) is 1.40. The zero-order valence-corrected chi connectivity index (χ0v) is 4.81. The van der Waals surface area contributed by atoms with Crippen LogP contribution in [0.25, 0.3) is 0 Å². The van der Waals surface area contributed by atoms with Gasteiger partial charge in [-0.25, -0.2) is 0 Å². The highest BCUT2D eigenvalue weighted by Gasteiger charge is 1.86. The van der Waals surface area contributed by atoms with E-state index in [-0.39, 0.29) is 0 Å². The smallest absolute Gasteiger partial charge is 0.0255 e. The lowest BCUT2D eigenvalue weighted by Gasteiger charge is -1.99. The highest BCUT2D eigenvalue weighted by molar-refractivity contribution is 8.77. The summed E-state index contributed by atoms with van der Waals surface area (Å²) in [5.41, 5.74) is 0. The van der Waals surface area contributed by atoms with Crippen molar-refractivity contribution >= 4 is 21.8 Å². The van der Waals surface area contributed by atoms with Gasteiger partial charge >= 0.3 is 0 Å². The van der Waals surface area contributed by atoms with E-state index in [0.29, 0.717) is 0 Å². The average Bonchev–Trinajstić information content (AvgIpc) is 1.72. The molecule has 1 aliphatic rings. The molecule has 0 spiro atoms. The zero-order valence-electron chi connectivity index (χ0n) is 3.18. The van der Waals surface area contributed by atoms with Crippen molar-refractivity contribution in [3.63, 3.8) is 0 Å². The lowest BCUT2D eigenvalue weighted by molar-refractivity contribution is 1.14. The summed E-state index contributed by atoms with van der Waals surface area (Å²) in [5, 5.41) is 2.08. The number of nitrogens with one attached hydrogen (secondary N) is 1. The molecule has 0 aromatic heterocycles. The van der Waals surface area contributed by atoms with E-state index in [2.05, 4.69) is 16.2 Å². The summed E-state index contributed by atoms with van der Waals surface area (Å²) in [7, 11) is 3.39. The Bertz CT molecular complexity index is 53.8. The topological polar surface area (TPSA) is 12.0 Å². The molecule has 0 aromatic rings. The van der Waals surface area contributed by atoms with Crippen molar-refractivity contribution in [1.29, 1.82) is 0 Å². The third-order valence-corrected chi connectivity index (χ3v) is 2.12. The first-order valence-electron chi connectivity index (χ1n) is 1.70. The van der Waals surface area contributed by atoms with Crippen LogP contribution in [0, 0.1) is 0 Å². The Morgan fingerprint density at radius 3 is 2.83 bits per heavy atom. The minimum atomic E-state index is 1.01. The van der Waals surface area contributed by atoms with Crippen LogP contribution in [0.1, 0.15) is 0 Å². The van der Waals surface area contributed by atoms with Crippen LogP contribution in [0.2, 0.25) is 0 Å². The molecule has 3 heteroatoms. The molecule has 0 atom stereocenters. The van der Waals surface area contributed by atoms with Crippen molar-refractivity contribution in [3.8, 4) is 0 Å². The quantitative estimate of drug-likeness (QED) is 0.382. The molecule has 0 saturated carbocycles. The zero-order chi connectivity index (χ0) is 4.24. The van der Waals surface area contributed by atoms with Crippen LogP contribution in [-0.2, 0) is 0 Å². The van der Waals surface area contributed by atoms with Gasteiger partial charge in [-0.1, -0.05) is 6.08 Å². The van der Waals surface area contributed by atoms with Gasteiger partial charge in [0.15, 0.2) is 0 Å². The summed E-state index contributed by atoms with van der Waals surface area (Å²) < 4.78 is 3.08. The molecule has 6 heavy (non-hydrogen) atoms. The second-order valence-corrected chi connectivity index (χ2v) is 2.90. The number of hydrogen-bond donors (Lipinski definition) is 1. The van der Waals surface area contributed by atoms with Crippen molar-refractivity contribution in [3.05, 3.63) is 11.5 Å². The SMILES string of the molecule is C1=CSSNC1. The first-order valence-corrected chi connectivity index (χ1v) is 3.91. The molecule has 0 bridgehead atoms. The van der Waals surface area contributed by atoms with Gasteiger partial charge in [0.1, 0.15) is 0 Å². The first-order chi connectivity index (χ1) is 3.00. The van der Waals surface area contributed by atoms with Crippen LogP contribution >= 0.6 is 21.8 Å². The maximum atomic E-state index is 3.08. The summed E-state index contributed by atoms with van der Waals surface area (Å²) in [6.07, 6.45) is 2.10. The first kappa shape index (κ1) is 4.56. The molecular formula is C3H5NS2. The highest BCUT2D eigenvalue weighted by atomic mass is 33.1. The van der Waals surface area contributed by atoms with Gasteiger partial charge in [-0.2, -0.15) is 0 Å². The number of hydrogen-bond acceptors (Lipinski definition) is 3. The van der Waals surface area contributed by atoms with Crippen LogP contribution in [0.5, 0.6) is 0 Å². The Hall–Kier alpha value is 0.400. The van der Waals surface area contributed by atoms with Crippen molar-refractivity contribution in [2.24, 2.45) is 0 Å². The lowest BCUT2D eigenvalue weighted by atomic mass is 10.7. The second-order valence-electron chi connectivity index (χ2n) is 0.900. The average molecular weight is 119 g/mol. The summed E-state index contributed by atoms with van der Waals surface area (Å²) in [4.78, 5) is 0. The molecule has 0 aliphatic carbocycles. The monoisotopic (exact) mass is 119 g/mol. The van der Waals surface area contributed by atoms with E-state index < -0.39 is 0 Å². The molecule has 1 heterocycles. The molecule has 1 nitrogen and oxygen atoms in total. The van der Waals surface area contributed by atoms with E-state index in [1.807, 2.05) is 0 Å². The van der Waals surface area contributed by atoms with E-state index in [0.717, 1.165) is 6.54 Å². The Labute approximate surface area is 45.1 Å². The minimum absolute atomic E-state index is 1.01. The van der Waals surface area contributed by atoms with Gasteiger partial charge in [0.05, 0.1) is 0 Å². The van der Waals surface area contributed by atoms with Gasteiger partial charge in [-0.15, -0.1) is 0 Å². The maximum absolute atomic E-state index is 3.08. The molecule has 0 saturated heterocycles. The van der Waals surface area contributed by atoms with Crippen molar-refractivity contribution in [2.75, 3.05) is 6.54 Å². The van der Waals surface area contributed by atoms with Crippen molar-refractivity contribution in [2.45, 2.75) is 0 Å². The second kappa shape index (κ2) is 2.55. The summed E-state index contributed by atoms with van der Waals surface area (Å²) in [5.74, 6) is 0. The van der Waals surface area contributed by atoms with Gasteiger partial charge in [0.2, 0.25) is 0 Å².